The van der Waals surface area contributed by atoms with E-state index in [-0.39, 0.29) is 12.5 Å². The van der Waals surface area contributed by atoms with Crippen molar-refractivity contribution in [2.24, 2.45) is 0 Å². The molecule has 1 amide bonds. The van der Waals surface area contributed by atoms with Crippen LogP contribution in [0.25, 0.3) is 0 Å². The minimum atomic E-state index is -0.718. The molecule has 1 saturated carbocycles. The van der Waals surface area contributed by atoms with Crippen LogP contribution in [0.2, 0.25) is 0 Å². The molecular formula is C15H19N3O2. The molecule has 0 spiro atoms. The fraction of sp³-hybridized carbons (Fsp3) is 0.467. The molecule has 0 aromatic heterocycles. The van der Waals surface area contributed by atoms with Crippen molar-refractivity contribution in [3.05, 3.63) is 29.8 Å². The highest BCUT2D eigenvalue weighted by atomic mass is 16.3. The zero-order valence-electron chi connectivity index (χ0n) is 11.4. The summed E-state index contributed by atoms with van der Waals surface area (Å²) in [5.41, 5.74) is 0.659. The minimum Gasteiger partial charge on any atom is -0.388 e. The molecule has 1 aromatic rings. The molecule has 1 aliphatic carbocycles. The van der Waals surface area contributed by atoms with E-state index >= 15 is 0 Å². The SMILES string of the molecule is N#Cc1ccc(NCC(=O)NCC2(O)CCCC2)cc1. The Morgan fingerprint density at radius 2 is 1.95 bits per heavy atom. The number of benzene rings is 1. The largest absolute Gasteiger partial charge is 0.388 e. The fourth-order valence-electron chi connectivity index (χ4n) is 2.38. The number of carbonyl (C=O) groups is 1. The highest BCUT2D eigenvalue weighted by Crippen LogP contribution is 2.28. The Bertz CT molecular complexity index is 499. The van der Waals surface area contributed by atoms with Gasteiger partial charge in [0.15, 0.2) is 0 Å². The smallest absolute Gasteiger partial charge is 0.239 e. The van der Waals surface area contributed by atoms with E-state index in [9.17, 15) is 9.90 Å². The van der Waals surface area contributed by atoms with Crippen LogP contribution >= 0.6 is 0 Å². The van der Waals surface area contributed by atoms with Gasteiger partial charge in [-0.25, -0.2) is 0 Å². The van der Waals surface area contributed by atoms with Gasteiger partial charge in [-0.3, -0.25) is 4.79 Å². The summed E-state index contributed by atoms with van der Waals surface area (Å²) in [5.74, 6) is -0.144. The second kappa shape index (κ2) is 6.40. The summed E-state index contributed by atoms with van der Waals surface area (Å²) in [6, 6.07) is 8.95. The van der Waals surface area contributed by atoms with Gasteiger partial charge in [-0.15, -0.1) is 0 Å². The molecule has 2 rings (SSSR count). The third-order valence-electron chi connectivity index (χ3n) is 3.62. The molecule has 1 fully saturated rings. The van der Waals surface area contributed by atoms with Crippen molar-refractivity contribution in [2.75, 3.05) is 18.4 Å². The first kappa shape index (κ1) is 14.4. The van der Waals surface area contributed by atoms with E-state index in [1.807, 2.05) is 6.07 Å². The number of nitrogens with zero attached hydrogens (tertiary/aromatic N) is 1. The molecule has 1 aliphatic rings. The molecule has 5 heteroatoms. The number of hydrogen-bond donors (Lipinski definition) is 3. The lowest BCUT2D eigenvalue weighted by Crippen LogP contribution is -2.42. The summed E-state index contributed by atoms with van der Waals surface area (Å²) in [5, 5.41) is 24.5. The van der Waals surface area contributed by atoms with E-state index in [0.29, 0.717) is 12.1 Å². The van der Waals surface area contributed by atoms with E-state index in [4.69, 9.17) is 5.26 Å². The van der Waals surface area contributed by atoms with Crippen molar-refractivity contribution in [3.8, 4) is 6.07 Å². The van der Waals surface area contributed by atoms with Gasteiger partial charge in [-0.1, -0.05) is 12.8 Å². The molecule has 0 heterocycles. The molecule has 0 unspecified atom stereocenters. The third kappa shape index (κ3) is 3.97. The predicted molar refractivity (Wildman–Crippen MR) is 76.1 cm³/mol. The Morgan fingerprint density at radius 1 is 1.30 bits per heavy atom. The number of carbonyl (C=O) groups excluding carboxylic acids is 1. The summed E-state index contributed by atoms with van der Waals surface area (Å²) in [4.78, 5) is 11.7. The Labute approximate surface area is 118 Å². The van der Waals surface area contributed by atoms with Crippen LogP contribution in [0.1, 0.15) is 31.2 Å². The normalized spacial score (nSPS) is 16.4. The first-order valence-electron chi connectivity index (χ1n) is 6.84. The van der Waals surface area contributed by atoms with Crippen molar-refractivity contribution in [2.45, 2.75) is 31.3 Å². The molecule has 106 valence electrons. The summed E-state index contributed by atoms with van der Waals surface area (Å²) in [6.45, 7) is 0.475. The molecule has 0 saturated heterocycles. The first-order valence-corrected chi connectivity index (χ1v) is 6.84. The Kier molecular flexibility index (Phi) is 4.59. The van der Waals surface area contributed by atoms with Crippen LogP contribution in [0.3, 0.4) is 0 Å². The summed E-state index contributed by atoms with van der Waals surface area (Å²) < 4.78 is 0. The van der Waals surface area contributed by atoms with Crippen LogP contribution in [0.15, 0.2) is 24.3 Å². The van der Waals surface area contributed by atoms with E-state index in [1.54, 1.807) is 24.3 Å². The lowest BCUT2D eigenvalue weighted by molar-refractivity contribution is -0.120. The molecule has 3 N–H and O–H groups in total. The van der Waals surface area contributed by atoms with Crippen molar-refractivity contribution in [3.63, 3.8) is 0 Å². The quantitative estimate of drug-likeness (QED) is 0.757. The Hall–Kier alpha value is -2.06. The van der Waals surface area contributed by atoms with E-state index in [2.05, 4.69) is 10.6 Å². The maximum absolute atomic E-state index is 11.7. The van der Waals surface area contributed by atoms with Crippen molar-refractivity contribution >= 4 is 11.6 Å². The molecule has 0 atom stereocenters. The first-order chi connectivity index (χ1) is 9.61. The molecule has 0 bridgehead atoms. The van der Waals surface area contributed by atoms with Gasteiger partial charge >= 0.3 is 0 Å². The van der Waals surface area contributed by atoms with Crippen LogP contribution < -0.4 is 10.6 Å². The minimum absolute atomic E-state index is 0.144. The average Bonchev–Trinajstić information content (AvgIpc) is 2.91. The standard InChI is InChI=1S/C15H19N3O2/c16-9-12-3-5-13(6-4-12)17-10-14(19)18-11-15(20)7-1-2-8-15/h3-6,17,20H,1-2,7-8,10-11H2,(H,18,19). The zero-order chi connectivity index (χ0) is 14.4. The highest BCUT2D eigenvalue weighted by molar-refractivity contribution is 5.80. The van der Waals surface area contributed by atoms with Gasteiger partial charge in [-0.05, 0) is 37.1 Å². The molecule has 20 heavy (non-hydrogen) atoms. The highest BCUT2D eigenvalue weighted by Gasteiger charge is 2.31. The van der Waals surface area contributed by atoms with Crippen LogP contribution in [-0.2, 0) is 4.79 Å². The second-order valence-corrected chi connectivity index (χ2v) is 5.25. The lowest BCUT2D eigenvalue weighted by atomic mass is 10.0. The monoisotopic (exact) mass is 273 g/mol. The summed E-state index contributed by atoms with van der Waals surface area (Å²) in [6.07, 6.45) is 3.57. The van der Waals surface area contributed by atoms with Gasteiger partial charge in [0.25, 0.3) is 0 Å². The molecule has 1 aromatic carbocycles. The zero-order valence-corrected chi connectivity index (χ0v) is 11.4. The molecule has 0 radical (unpaired) electrons. The van der Waals surface area contributed by atoms with Crippen LogP contribution in [0.5, 0.6) is 0 Å². The van der Waals surface area contributed by atoms with Gasteiger partial charge in [-0.2, -0.15) is 5.26 Å². The molecular weight excluding hydrogens is 254 g/mol. The maximum atomic E-state index is 11.7. The average molecular weight is 273 g/mol. The number of hydrogen-bond acceptors (Lipinski definition) is 4. The van der Waals surface area contributed by atoms with E-state index in [0.717, 1.165) is 31.4 Å². The van der Waals surface area contributed by atoms with E-state index < -0.39 is 5.60 Å². The number of aliphatic hydroxyl groups is 1. The molecule has 0 aliphatic heterocycles. The van der Waals surface area contributed by atoms with Crippen molar-refractivity contribution < 1.29 is 9.90 Å². The van der Waals surface area contributed by atoms with E-state index in [1.165, 1.54) is 0 Å². The summed E-state index contributed by atoms with van der Waals surface area (Å²) >= 11 is 0. The molecule has 5 nitrogen and oxygen atoms in total. The second-order valence-electron chi connectivity index (χ2n) is 5.25. The number of rotatable bonds is 5. The number of anilines is 1. The van der Waals surface area contributed by atoms with Crippen LogP contribution in [0.4, 0.5) is 5.69 Å². The van der Waals surface area contributed by atoms with Gasteiger partial charge in [0.05, 0.1) is 23.8 Å². The summed E-state index contributed by atoms with van der Waals surface area (Å²) in [7, 11) is 0. The van der Waals surface area contributed by atoms with Gasteiger partial charge < -0.3 is 15.7 Å². The fourth-order valence-corrected chi connectivity index (χ4v) is 2.38. The number of nitrogens with one attached hydrogen (secondary N) is 2. The number of amides is 1. The van der Waals surface area contributed by atoms with Crippen molar-refractivity contribution in [1.82, 2.24) is 5.32 Å². The van der Waals surface area contributed by atoms with Crippen molar-refractivity contribution in [1.29, 1.82) is 5.26 Å². The Balaban J connectivity index is 1.73. The lowest BCUT2D eigenvalue weighted by Gasteiger charge is -2.22. The maximum Gasteiger partial charge on any atom is 0.239 e. The van der Waals surface area contributed by atoms with Crippen LogP contribution in [0, 0.1) is 11.3 Å². The van der Waals surface area contributed by atoms with Gasteiger partial charge in [0, 0.05) is 12.2 Å². The third-order valence-corrected chi connectivity index (χ3v) is 3.62. The van der Waals surface area contributed by atoms with Gasteiger partial charge in [0.2, 0.25) is 5.91 Å². The van der Waals surface area contributed by atoms with Crippen LogP contribution in [-0.4, -0.2) is 29.7 Å². The number of nitriles is 1. The topological polar surface area (TPSA) is 85.2 Å². The Morgan fingerprint density at radius 3 is 2.55 bits per heavy atom. The van der Waals surface area contributed by atoms with Gasteiger partial charge in [0.1, 0.15) is 0 Å². The predicted octanol–water partition coefficient (Wildman–Crippen LogP) is 1.39.